The van der Waals surface area contributed by atoms with E-state index in [-0.39, 0.29) is 23.1 Å². The number of aliphatic hydroxyl groups is 1. The van der Waals surface area contributed by atoms with Gasteiger partial charge in [0.1, 0.15) is 5.82 Å². The Labute approximate surface area is 149 Å². The Balaban J connectivity index is 1.65. The topological polar surface area (TPSA) is 43.8 Å². The lowest BCUT2D eigenvalue weighted by atomic mass is 9.78. The van der Waals surface area contributed by atoms with Gasteiger partial charge in [0.05, 0.1) is 6.10 Å². The van der Waals surface area contributed by atoms with E-state index < -0.39 is 6.10 Å². The Morgan fingerprint density at radius 2 is 1.88 bits per heavy atom. The van der Waals surface area contributed by atoms with Gasteiger partial charge in [-0.3, -0.25) is 4.79 Å². The molecule has 0 aliphatic carbocycles. The van der Waals surface area contributed by atoms with E-state index in [0.29, 0.717) is 25.9 Å². The van der Waals surface area contributed by atoms with Gasteiger partial charge in [-0.15, -0.1) is 0 Å². The zero-order valence-corrected chi connectivity index (χ0v) is 15.2. The van der Waals surface area contributed by atoms with Gasteiger partial charge in [-0.05, 0) is 63.5 Å². The third-order valence-electron chi connectivity index (χ3n) is 6.00. The average Bonchev–Trinajstić information content (AvgIpc) is 2.61. The maximum absolute atomic E-state index is 13.1. The smallest absolute Gasteiger partial charge is 0.228 e. The summed E-state index contributed by atoms with van der Waals surface area (Å²) in [6.45, 7) is 5.21. The molecule has 138 valence electrons. The number of piperidine rings is 2. The van der Waals surface area contributed by atoms with Crippen LogP contribution in [-0.4, -0.2) is 60.1 Å². The first kappa shape index (κ1) is 18.3. The number of hydrogen-bond donors (Lipinski definition) is 1. The zero-order chi connectivity index (χ0) is 18.0. The molecule has 0 unspecified atom stereocenters. The summed E-state index contributed by atoms with van der Waals surface area (Å²) >= 11 is 0. The number of carbonyl (C=O) groups is 1. The minimum atomic E-state index is -0.403. The van der Waals surface area contributed by atoms with E-state index in [0.717, 1.165) is 31.5 Å². The maximum Gasteiger partial charge on any atom is 0.228 e. The molecular weight excluding hydrogens is 319 g/mol. The van der Waals surface area contributed by atoms with Crippen LogP contribution in [0.4, 0.5) is 4.39 Å². The summed E-state index contributed by atoms with van der Waals surface area (Å²) in [5, 5.41) is 10.4. The molecule has 2 aliphatic rings. The molecule has 5 heteroatoms. The van der Waals surface area contributed by atoms with Crippen LogP contribution in [0.2, 0.25) is 0 Å². The van der Waals surface area contributed by atoms with Crippen LogP contribution in [0.5, 0.6) is 0 Å². The van der Waals surface area contributed by atoms with Gasteiger partial charge >= 0.3 is 0 Å². The van der Waals surface area contributed by atoms with E-state index in [1.54, 1.807) is 12.1 Å². The highest BCUT2D eigenvalue weighted by atomic mass is 19.1. The summed E-state index contributed by atoms with van der Waals surface area (Å²) < 4.78 is 13.1. The monoisotopic (exact) mass is 348 g/mol. The number of halogens is 1. The molecule has 0 bridgehead atoms. The number of likely N-dealkylation sites (tertiary alicyclic amines) is 2. The van der Waals surface area contributed by atoms with Crippen molar-refractivity contribution < 1.29 is 14.3 Å². The van der Waals surface area contributed by atoms with Crippen molar-refractivity contribution in [2.24, 2.45) is 11.3 Å². The molecule has 3 rings (SSSR count). The molecule has 2 atom stereocenters. The number of carbonyl (C=O) groups excluding carboxylic acids is 1. The molecule has 4 nitrogen and oxygen atoms in total. The fourth-order valence-electron chi connectivity index (χ4n) is 4.04. The van der Waals surface area contributed by atoms with E-state index >= 15 is 0 Å². The average molecular weight is 348 g/mol. The standard InChI is InChI=1S/C20H29FN2O2/c1-20(8-11-22(2)12-9-20)19(25)23-10-7-18(24)16(14-23)13-15-3-5-17(21)6-4-15/h3-6,16,18,24H,7-14H2,1-2H3/t16-,18+/m1/s1. The van der Waals surface area contributed by atoms with Crippen LogP contribution in [0, 0.1) is 17.2 Å². The van der Waals surface area contributed by atoms with Gasteiger partial charge in [0.25, 0.3) is 0 Å². The van der Waals surface area contributed by atoms with Gasteiger partial charge in [0.15, 0.2) is 0 Å². The highest BCUT2D eigenvalue weighted by Gasteiger charge is 2.41. The van der Waals surface area contributed by atoms with Gasteiger partial charge in [-0.25, -0.2) is 4.39 Å². The fourth-order valence-corrected chi connectivity index (χ4v) is 4.04. The van der Waals surface area contributed by atoms with Crippen LogP contribution in [0.3, 0.4) is 0 Å². The summed E-state index contributed by atoms with van der Waals surface area (Å²) in [5.74, 6) is -0.00503. The number of hydrogen-bond acceptors (Lipinski definition) is 3. The summed E-state index contributed by atoms with van der Waals surface area (Å²) in [6, 6.07) is 6.43. The highest BCUT2D eigenvalue weighted by Crippen LogP contribution is 2.34. The molecule has 0 radical (unpaired) electrons. The van der Waals surface area contributed by atoms with E-state index in [4.69, 9.17) is 0 Å². The number of aliphatic hydroxyl groups excluding tert-OH is 1. The van der Waals surface area contributed by atoms with Gasteiger partial charge in [0, 0.05) is 24.4 Å². The molecular formula is C20H29FN2O2. The molecule has 1 amide bonds. The first-order valence-electron chi connectivity index (χ1n) is 9.28. The molecule has 1 aromatic carbocycles. The predicted molar refractivity (Wildman–Crippen MR) is 95.6 cm³/mol. The Morgan fingerprint density at radius 1 is 1.24 bits per heavy atom. The minimum Gasteiger partial charge on any atom is -0.393 e. The summed E-state index contributed by atoms with van der Waals surface area (Å²) in [6.07, 6.45) is 2.67. The van der Waals surface area contributed by atoms with Crippen molar-refractivity contribution in [3.8, 4) is 0 Å². The van der Waals surface area contributed by atoms with Crippen LogP contribution < -0.4 is 0 Å². The quantitative estimate of drug-likeness (QED) is 0.912. The third-order valence-corrected chi connectivity index (χ3v) is 6.00. The van der Waals surface area contributed by atoms with Crippen molar-refractivity contribution in [2.75, 3.05) is 33.2 Å². The zero-order valence-electron chi connectivity index (χ0n) is 15.2. The normalized spacial score (nSPS) is 27.3. The Kier molecular flexibility index (Phi) is 5.44. The molecule has 2 heterocycles. The highest BCUT2D eigenvalue weighted by molar-refractivity contribution is 5.82. The number of rotatable bonds is 3. The lowest BCUT2D eigenvalue weighted by Crippen LogP contribution is -2.53. The van der Waals surface area contributed by atoms with Gasteiger partial charge in [0.2, 0.25) is 5.91 Å². The molecule has 2 saturated heterocycles. The molecule has 0 saturated carbocycles. The van der Waals surface area contributed by atoms with Crippen molar-refractivity contribution in [1.29, 1.82) is 0 Å². The molecule has 0 spiro atoms. The van der Waals surface area contributed by atoms with Crippen molar-refractivity contribution >= 4 is 5.91 Å². The van der Waals surface area contributed by atoms with Crippen LogP contribution in [-0.2, 0) is 11.2 Å². The first-order chi connectivity index (χ1) is 11.9. The second-order valence-electron chi connectivity index (χ2n) is 8.06. The van der Waals surface area contributed by atoms with Crippen molar-refractivity contribution in [2.45, 2.75) is 38.7 Å². The lowest BCUT2D eigenvalue weighted by molar-refractivity contribution is -0.147. The number of benzene rings is 1. The van der Waals surface area contributed by atoms with Crippen molar-refractivity contribution in [1.82, 2.24) is 9.80 Å². The Morgan fingerprint density at radius 3 is 2.52 bits per heavy atom. The summed E-state index contributed by atoms with van der Waals surface area (Å²) in [7, 11) is 2.10. The molecule has 0 aromatic heterocycles. The lowest BCUT2D eigenvalue weighted by Gasteiger charge is -2.43. The second-order valence-corrected chi connectivity index (χ2v) is 8.06. The second kappa shape index (κ2) is 7.42. The summed E-state index contributed by atoms with van der Waals surface area (Å²) in [5.41, 5.74) is 0.722. The Bertz CT molecular complexity index is 596. The van der Waals surface area contributed by atoms with Crippen LogP contribution in [0.1, 0.15) is 31.7 Å². The molecule has 25 heavy (non-hydrogen) atoms. The van der Waals surface area contributed by atoms with Gasteiger partial charge in [-0.2, -0.15) is 0 Å². The number of nitrogens with zero attached hydrogens (tertiary/aromatic N) is 2. The molecule has 1 aromatic rings. The van der Waals surface area contributed by atoms with Crippen LogP contribution >= 0.6 is 0 Å². The SMILES string of the molecule is CN1CCC(C)(C(=O)N2CC[C@H](O)[C@H](Cc3ccc(F)cc3)C2)CC1. The molecule has 1 N–H and O–H groups in total. The van der Waals surface area contributed by atoms with Crippen LogP contribution in [0.25, 0.3) is 0 Å². The predicted octanol–water partition coefficient (Wildman–Crippen LogP) is 2.31. The van der Waals surface area contributed by atoms with Crippen molar-refractivity contribution in [3.05, 3.63) is 35.6 Å². The fraction of sp³-hybridized carbons (Fsp3) is 0.650. The molecule has 2 aliphatic heterocycles. The largest absolute Gasteiger partial charge is 0.393 e. The van der Waals surface area contributed by atoms with Crippen molar-refractivity contribution in [3.63, 3.8) is 0 Å². The van der Waals surface area contributed by atoms with E-state index in [1.807, 2.05) is 4.90 Å². The summed E-state index contributed by atoms with van der Waals surface area (Å²) in [4.78, 5) is 17.3. The van der Waals surface area contributed by atoms with Crippen LogP contribution in [0.15, 0.2) is 24.3 Å². The van der Waals surface area contributed by atoms with Gasteiger partial charge < -0.3 is 14.9 Å². The van der Waals surface area contributed by atoms with Gasteiger partial charge in [-0.1, -0.05) is 19.1 Å². The Hall–Kier alpha value is -1.46. The minimum absolute atomic E-state index is 0.0121. The van der Waals surface area contributed by atoms with E-state index in [1.165, 1.54) is 12.1 Å². The number of amides is 1. The van der Waals surface area contributed by atoms with E-state index in [9.17, 15) is 14.3 Å². The first-order valence-corrected chi connectivity index (χ1v) is 9.28. The van der Waals surface area contributed by atoms with E-state index in [2.05, 4.69) is 18.9 Å². The molecule has 2 fully saturated rings. The third kappa shape index (κ3) is 4.21. The maximum atomic E-state index is 13.1.